The Hall–Kier alpha value is -1.84. The summed E-state index contributed by atoms with van der Waals surface area (Å²) in [5, 5.41) is 6.44. The van der Waals surface area contributed by atoms with Crippen LogP contribution in [-0.4, -0.2) is 24.8 Å². The zero-order chi connectivity index (χ0) is 12.7. The van der Waals surface area contributed by atoms with Crippen molar-refractivity contribution in [3.8, 4) is 0 Å². The fraction of sp³-hybridized carbons (Fsp3) is 0.385. The third kappa shape index (κ3) is 5.70. The molecule has 0 radical (unpaired) electrons. The van der Waals surface area contributed by atoms with Crippen LogP contribution in [0.15, 0.2) is 29.4 Å². The Bertz CT molecular complexity index is 383. The van der Waals surface area contributed by atoms with Crippen molar-refractivity contribution in [3.63, 3.8) is 0 Å². The summed E-state index contributed by atoms with van der Waals surface area (Å²) in [7, 11) is 0. The molecule has 0 saturated heterocycles. The fourth-order valence-electron chi connectivity index (χ4n) is 1.21. The van der Waals surface area contributed by atoms with E-state index < -0.39 is 0 Å². The summed E-state index contributed by atoms with van der Waals surface area (Å²) in [6.07, 6.45) is 1.59. The molecule has 1 rings (SSSR count). The van der Waals surface area contributed by atoms with E-state index in [9.17, 15) is 4.79 Å². The maximum Gasteiger partial charge on any atom is 0.260 e. The van der Waals surface area contributed by atoms with Gasteiger partial charge in [0.05, 0.1) is 6.21 Å². The predicted molar refractivity (Wildman–Crippen MR) is 68.0 cm³/mol. The first-order valence-corrected chi connectivity index (χ1v) is 5.59. The molecule has 0 aromatic heterocycles. The van der Waals surface area contributed by atoms with E-state index in [1.165, 1.54) is 5.56 Å². The summed E-state index contributed by atoms with van der Waals surface area (Å²) in [5.74, 6) is -0.166. The monoisotopic (exact) mass is 234 g/mol. The molecule has 0 atom stereocenters. The molecule has 0 aliphatic heterocycles. The van der Waals surface area contributed by atoms with E-state index >= 15 is 0 Å². The van der Waals surface area contributed by atoms with Gasteiger partial charge >= 0.3 is 0 Å². The number of hydrogen-bond donors (Lipinski definition) is 1. The van der Waals surface area contributed by atoms with Crippen LogP contribution in [0.25, 0.3) is 0 Å². The summed E-state index contributed by atoms with van der Waals surface area (Å²) in [4.78, 5) is 16.1. The molecule has 17 heavy (non-hydrogen) atoms. The van der Waals surface area contributed by atoms with Crippen molar-refractivity contribution in [2.45, 2.75) is 26.8 Å². The summed E-state index contributed by atoms with van der Waals surface area (Å²) in [6.45, 7) is 5.76. The van der Waals surface area contributed by atoms with Crippen LogP contribution in [0.2, 0.25) is 0 Å². The standard InChI is InChI=1S/C13H18N2O2/c1-10(2)15-13(16)9-17-14-8-12-6-4-11(3)5-7-12/h4-8,10H,9H2,1-3H3,(H,15,16)/b14-8-. The minimum absolute atomic E-state index is 0.0550. The second kappa shape index (κ2) is 6.68. The predicted octanol–water partition coefficient (Wildman–Crippen LogP) is 1.87. The molecule has 4 heteroatoms. The van der Waals surface area contributed by atoms with E-state index in [-0.39, 0.29) is 18.6 Å². The van der Waals surface area contributed by atoms with E-state index in [0.29, 0.717) is 0 Å². The van der Waals surface area contributed by atoms with Gasteiger partial charge in [0.2, 0.25) is 0 Å². The van der Waals surface area contributed by atoms with Gasteiger partial charge in [-0.05, 0) is 26.3 Å². The van der Waals surface area contributed by atoms with Crippen molar-refractivity contribution in [2.75, 3.05) is 6.61 Å². The lowest BCUT2D eigenvalue weighted by atomic mass is 10.2. The zero-order valence-electron chi connectivity index (χ0n) is 10.4. The molecule has 0 saturated carbocycles. The van der Waals surface area contributed by atoms with E-state index in [1.54, 1.807) is 6.21 Å². The molecule has 0 aliphatic rings. The SMILES string of the molecule is Cc1ccc(/C=N\OCC(=O)NC(C)C)cc1. The van der Waals surface area contributed by atoms with Crippen LogP contribution < -0.4 is 5.32 Å². The van der Waals surface area contributed by atoms with Crippen LogP contribution in [0.4, 0.5) is 0 Å². The van der Waals surface area contributed by atoms with Crippen LogP contribution in [0, 0.1) is 6.92 Å². The first-order chi connectivity index (χ1) is 8.08. The van der Waals surface area contributed by atoms with Crippen LogP contribution in [0.1, 0.15) is 25.0 Å². The van der Waals surface area contributed by atoms with Crippen LogP contribution in [0.5, 0.6) is 0 Å². The fourth-order valence-corrected chi connectivity index (χ4v) is 1.21. The van der Waals surface area contributed by atoms with Crippen LogP contribution >= 0.6 is 0 Å². The third-order valence-electron chi connectivity index (χ3n) is 2.00. The van der Waals surface area contributed by atoms with Gasteiger partial charge in [-0.3, -0.25) is 4.79 Å². The topological polar surface area (TPSA) is 50.7 Å². The van der Waals surface area contributed by atoms with Crippen molar-refractivity contribution in [3.05, 3.63) is 35.4 Å². The number of carbonyl (C=O) groups excluding carboxylic acids is 1. The molecule has 0 aliphatic carbocycles. The Kier molecular flexibility index (Phi) is 5.20. The number of nitrogens with one attached hydrogen (secondary N) is 1. The Balaban J connectivity index is 2.31. The molecule has 0 unspecified atom stereocenters. The van der Waals surface area contributed by atoms with Crippen molar-refractivity contribution < 1.29 is 9.63 Å². The molecular weight excluding hydrogens is 216 g/mol. The van der Waals surface area contributed by atoms with Crippen molar-refractivity contribution in [1.82, 2.24) is 5.32 Å². The smallest absolute Gasteiger partial charge is 0.260 e. The lowest BCUT2D eigenvalue weighted by Gasteiger charge is -2.06. The number of rotatable bonds is 5. The summed E-state index contributed by atoms with van der Waals surface area (Å²) in [6, 6.07) is 7.99. The quantitative estimate of drug-likeness (QED) is 0.624. The van der Waals surface area contributed by atoms with Gasteiger partial charge in [0.1, 0.15) is 0 Å². The molecule has 1 aromatic carbocycles. The summed E-state index contributed by atoms with van der Waals surface area (Å²) in [5.41, 5.74) is 2.14. The second-order valence-electron chi connectivity index (χ2n) is 4.14. The van der Waals surface area contributed by atoms with E-state index in [1.807, 2.05) is 45.0 Å². The van der Waals surface area contributed by atoms with Gasteiger partial charge in [0.15, 0.2) is 6.61 Å². The Morgan fingerprint density at radius 2 is 2.06 bits per heavy atom. The highest BCUT2D eigenvalue weighted by Crippen LogP contribution is 2.00. The molecule has 1 aromatic rings. The Labute approximate surface area is 102 Å². The highest BCUT2D eigenvalue weighted by Gasteiger charge is 2.02. The number of nitrogens with zero attached hydrogens (tertiary/aromatic N) is 1. The molecular formula is C13H18N2O2. The molecule has 1 N–H and O–H groups in total. The number of benzene rings is 1. The largest absolute Gasteiger partial charge is 0.386 e. The molecule has 1 amide bonds. The number of aryl methyl sites for hydroxylation is 1. The maximum atomic E-state index is 11.2. The maximum absolute atomic E-state index is 11.2. The van der Waals surface area contributed by atoms with E-state index in [2.05, 4.69) is 10.5 Å². The molecule has 0 bridgehead atoms. The lowest BCUT2D eigenvalue weighted by molar-refractivity contribution is -0.126. The minimum atomic E-state index is -0.166. The van der Waals surface area contributed by atoms with Crippen molar-refractivity contribution in [2.24, 2.45) is 5.16 Å². The lowest BCUT2D eigenvalue weighted by Crippen LogP contribution is -2.32. The van der Waals surface area contributed by atoms with E-state index in [4.69, 9.17) is 4.84 Å². The number of oxime groups is 1. The van der Waals surface area contributed by atoms with Crippen LogP contribution in [-0.2, 0) is 9.63 Å². The number of carbonyl (C=O) groups is 1. The van der Waals surface area contributed by atoms with Gasteiger partial charge < -0.3 is 10.2 Å². The van der Waals surface area contributed by atoms with Crippen molar-refractivity contribution >= 4 is 12.1 Å². The molecule has 4 nitrogen and oxygen atoms in total. The highest BCUT2D eigenvalue weighted by atomic mass is 16.6. The van der Waals surface area contributed by atoms with Gasteiger partial charge in [-0.1, -0.05) is 35.0 Å². The molecule has 0 spiro atoms. The van der Waals surface area contributed by atoms with E-state index in [0.717, 1.165) is 5.56 Å². The number of amides is 1. The summed E-state index contributed by atoms with van der Waals surface area (Å²) >= 11 is 0. The normalized spacial score (nSPS) is 10.8. The van der Waals surface area contributed by atoms with Gasteiger partial charge in [-0.15, -0.1) is 0 Å². The highest BCUT2D eigenvalue weighted by molar-refractivity contribution is 5.79. The van der Waals surface area contributed by atoms with Crippen molar-refractivity contribution in [1.29, 1.82) is 0 Å². The molecule has 0 fully saturated rings. The van der Waals surface area contributed by atoms with Gasteiger partial charge in [-0.25, -0.2) is 0 Å². The summed E-state index contributed by atoms with van der Waals surface area (Å²) < 4.78 is 0. The average molecular weight is 234 g/mol. The third-order valence-corrected chi connectivity index (χ3v) is 2.00. The first-order valence-electron chi connectivity index (χ1n) is 5.59. The minimum Gasteiger partial charge on any atom is -0.386 e. The zero-order valence-corrected chi connectivity index (χ0v) is 10.4. The first kappa shape index (κ1) is 13.2. The average Bonchev–Trinajstić information content (AvgIpc) is 2.26. The Morgan fingerprint density at radius 1 is 1.41 bits per heavy atom. The Morgan fingerprint density at radius 3 is 2.65 bits per heavy atom. The van der Waals surface area contributed by atoms with Gasteiger partial charge in [0, 0.05) is 6.04 Å². The molecule has 0 heterocycles. The molecule has 92 valence electrons. The van der Waals surface area contributed by atoms with Gasteiger partial charge in [-0.2, -0.15) is 0 Å². The second-order valence-corrected chi connectivity index (χ2v) is 4.14. The number of hydrogen-bond acceptors (Lipinski definition) is 3. The van der Waals surface area contributed by atoms with Crippen LogP contribution in [0.3, 0.4) is 0 Å². The van der Waals surface area contributed by atoms with Gasteiger partial charge in [0.25, 0.3) is 5.91 Å².